The zero-order chi connectivity index (χ0) is 15.8. The van der Waals surface area contributed by atoms with Gasteiger partial charge in [0.2, 0.25) is 5.91 Å². The fourth-order valence-electron chi connectivity index (χ4n) is 2.65. The first-order chi connectivity index (χ1) is 9.97. The fraction of sp³-hybridized carbons (Fsp3) is 0.750. The third kappa shape index (κ3) is 5.87. The molecule has 0 aromatic carbocycles. The molecule has 1 amide bonds. The molecule has 0 aromatic heterocycles. The van der Waals surface area contributed by atoms with Crippen molar-refractivity contribution in [3.8, 4) is 0 Å². The van der Waals surface area contributed by atoms with Crippen LogP contribution in [0.5, 0.6) is 0 Å². The standard InChI is InChI=1S/C16H28N2O3/c1-5-18(10-13(3)4)15(19)12-17-9-7-8-14(11-17)16(20)21-6-2/h14H,3,5-12H2,1-2,4H3/t14-/m1/s1. The van der Waals surface area contributed by atoms with Gasteiger partial charge in [0.25, 0.3) is 0 Å². The van der Waals surface area contributed by atoms with Crippen LogP contribution in [0.4, 0.5) is 0 Å². The molecule has 1 rings (SSSR count). The van der Waals surface area contributed by atoms with Crippen LogP contribution < -0.4 is 0 Å². The maximum Gasteiger partial charge on any atom is 0.310 e. The largest absolute Gasteiger partial charge is 0.466 e. The van der Waals surface area contributed by atoms with E-state index in [2.05, 4.69) is 11.5 Å². The molecule has 120 valence electrons. The van der Waals surface area contributed by atoms with Crippen molar-refractivity contribution >= 4 is 11.9 Å². The van der Waals surface area contributed by atoms with Crippen LogP contribution in [-0.4, -0.2) is 61.0 Å². The Morgan fingerprint density at radius 3 is 2.67 bits per heavy atom. The van der Waals surface area contributed by atoms with E-state index in [0.717, 1.165) is 25.0 Å². The van der Waals surface area contributed by atoms with E-state index >= 15 is 0 Å². The summed E-state index contributed by atoms with van der Waals surface area (Å²) >= 11 is 0. The van der Waals surface area contributed by atoms with Crippen molar-refractivity contribution in [1.29, 1.82) is 0 Å². The van der Waals surface area contributed by atoms with Gasteiger partial charge in [-0.2, -0.15) is 0 Å². The van der Waals surface area contributed by atoms with Gasteiger partial charge in [0, 0.05) is 19.6 Å². The quantitative estimate of drug-likeness (QED) is 0.530. The number of esters is 1. The molecule has 1 fully saturated rings. The van der Waals surface area contributed by atoms with E-state index in [-0.39, 0.29) is 17.8 Å². The number of ether oxygens (including phenoxy) is 1. The molecule has 1 aliphatic heterocycles. The Balaban J connectivity index is 2.51. The lowest BCUT2D eigenvalue weighted by Gasteiger charge is -2.32. The highest BCUT2D eigenvalue weighted by Gasteiger charge is 2.28. The van der Waals surface area contributed by atoms with E-state index in [1.807, 2.05) is 20.8 Å². The normalized spacial score (nSPS) is 19.1. The first-order valence-electron chi connectivity index (χ1n) is 7.79. The van der Waals surface area contributed by atoms with Crippen LogP contribution in [-0.2, 0) is 14.3 Å². The predicted molar refractivity (Wildman–Crippen MR) is 82.9 cm³/mol. The average Bonchev–Trinajstić information content (AvgIpc) is 2.45. The van der Waals surface area contributed by atoms with Gasteiger partial charge >= 0.3 is 5.97 Å². The number of carbonyl (C=O) groups excluding carboxylic acids is 2. The molecular formula is C16H28N2O3. The van der Waals surface area contributed by atoms with E-state index < -0.39 is 0 Å². The summed E-state index contributed by atoms with van der Waals surface area (Å²) in [6, 6.07) is 0. The number of nitrogens with zero attached hydrogens (tertiary/aromatic N) is 2. The van der Waals surface area contributed by atoms with Gasteiger partial charge in [0.15, 0.2) is 0 Å². The van der Waals surface area contributed by atoms with Crippen LogP contribution in [0.25, 0.3) is 0 Å². The monoisotopic (exact) mass is 296 g/mol. The summed E-state index contributed by atoms with van der Waals surface area (Å²) < 4.78 is 5.08. The van der Waals surface area contributed by atoms with Crippen LogP contribution >= 0.6 is 0 Å². The van der Waals surface area contributed by atoms with E-state index in [1.54, 1.807) is 4.90 Å². The lowest BCUT2D eigenvalue weighted by Crippen LogP contribution is -2.46. The van der Waals surface area contributed by atoms with Crippen molar-refractivity contribution in [3.05, 3.63) is 12.2 Å². The molecule has 0 radical (unpaired) electrons. The number of likely N-dealkylation sites (tertiary alicyclic amines) is 1. The molecule has 1 saturated heterocycles. The number of likely N-dealkylation sites (N-methyl/N-ethyl adjacent to an activating group) is 1. The average molecular weight is 296 g/mol. The van der Waals surface area contributed by atoms with Crippen molar-refractivity contribution in [3.63, 3.8) is 0 Å². The summed E-state index contributed by atoms with van der Waals surface area (Å²) in [6.45, 7) is 13.1. The molecule has 1 aliphatic rings. The van der Waals surface area contributed by atoms with Gasteiger partial charge in [-0.25, -0.2) is 0 Å². The molecule has 0 aromatic rings. The highest BCUT2D eigenvalue weighted by atomic mass is 16.5. The number of amides is 1. The van der Waals surface area contributed by atoms with Crippen LogP contribution in [0.2, 0.25) is 0 Å². The maximum atomic E-state index is 12.3. The summed E-state index contributed by atoms with van der Waals surface area (Å²) in [7, 11) is 0. The molecule has 21 heavy (non-hydrogen) atoms. The Kier molecular flexibility index (Phi) is 7.43. The number of carbonyl (C=O) groups is 2. The zero-order valence-corrected chi connectivity index (χ0v) is 13.6. The van der Waals surface area contributed by atoms with Gasteiger partial charge in [-0.3, -0.25) is 14.5 Å². The molecule has 0 spiro atoms. The van der Waals surface area contributed by atoms with E-state index in [0.29, 0.717) is 32.8 Å². The van der Waals surface area contributed by atoms with Crippen LogP contribution in [0.3, 0.4) is 0 Å². The summed E-state index contributed by atoms with van der Waals surface area (Å²) in [5.74, 6) is -0.128. The molecule has 0 unspecified atom stereocenters. The van der Waals surface area contributed by atoms with Gasteiger partial charge in [0.05, 0.1) is 19.1 Å². The minimum atomic E-state index is -0.135. The van der Waals surface area contributed by atoms with Crippen molar-refractivity contribution < 1.29 is 14.3 Å². The topological polar surface area (TPSA) is 49.9 Å². The molecule has 0 N–H and O–H groups in total. The molecular weight excluding hydrogens is 268 g/mol. The third-order valence-electron chi connectivity index (χ3n) is 3.68. The zero-order valence-electron chi connectivity index (χ0n) is 13.6. The first-order valence-corrected chi connectivity index (χ1v) is 7.79. The lowest BCUT2D eigenvalue weighted by atomic mass is 9.98. The summed E-state index contributed by atoms with van der Waals surface area (Å²) in [4.78, 5) is 28.0. The van der Waals surface area contributed by atoms with Gasteiger partial charge in [-0.05, 0) is 40.2 Å². The minimum absolute atomic E-state index is 0.0947. The highest BCUT2D eigenvalue weighted by molar-refractivity contribution is 5.78. The van der Waals surface area contributed by atoms with Gasteiger partial charge in [-0.15, -0.1) is 0 Å². The number of hydrogen-bond acceptors (Lipinski definition) is 4. The van der Waals surface area contributed by atoms with Crippen LogP contribution in [0, 0.1) is 5.92 Å². The number of piperidine rings is 1. The van der Waals surface area contributed by atoms with Crippen molar-refractivity contribution in [1.82, 2.24) is 9.80 Å². The Bertz CT molecular complexity index is 382. The van der Waals surface area contributed by atoms with Gasteiger partial charge in [-0.1, -0.05) is 12.2 Å². The molecule has 0 bridgehead atoms. The van der Waals surface area contributed by atoms with Crippen LogP contribution in [0.15, 0.2) is 12.2 Å². The van der Waals surface area contributed by atoms with E-state index in [4.69, 9.17) is 4.74 Å². The Morgan fingerprint density at radius 1 is 1.38 bits per heavy atom. The molecule has 5 heteroatoms. The molecule has 0 aliphatic carbocycles. The van der Waals surface area contributed by atoms with Crippen LogP contribution in [0.1, 0.15) is 33.6 Å². The van der Waals surface area contributed by atoms with Gasteiger partial charge < -0.3 is 9.64 Å². The molecule has 1 atom stereocenters. The third-order valence-corrected chi connectivity index (χ3v) is 3.68. The second kappa shape index (κ2) is 8.82. The summed E-state index contributed by atoms with van der Waals surface area (Å²) in [5, 5.41) is 0. The van der Waals surface area contributed by atoms with Crippen molar-refractivity contribution in [2.24, 2.45) is 5.92 Å². The van der Waals surface area contributed by atoms with E-state index in [9.17, 15) is 9.59 Å². The van der Waals surface area contributed by atoms with Crippen molar-refractivity contribution in [2.75, 3.05) is 39.3 Å². The Hall–Kier alpha value is -1.36. The lowest BCUT2D eigenvalue weighted by molar-refractivity contribution is -0.150. The Morgan fingerprint density at radius 2 is 2.10 bits per heavy atom. The highest BCUT2D eigenvalue weighted by Crippen LogP contribution is 2.18. The van der Waals surface area contributed by atoms with Crippen molar-refractivity contribution in [2.45, 2.75) is 33.6 Å². The second-order valence-corrected chi connectivity index (χ2v) is 5.69. The second-order valence-electron chi connectivity index (χ2n) is 5.69. The predicted octanol–water partition coefficient (Wildman–Crippen LogP) is 1.69. The first kappa shape index (κ1) is 17.7. The minimum Gasteiger partial charge on any atom is -0.466 e. The SMILES string of the molecule is C=C(C)CN(CC)C(=O)CN1CCC[C@@H](C(=O)OCC)C1. The smallest absolute Gasteiger partial charge is 0.310 e. The molecule has 0 saturated carbocycles. The number of rotatable bonds is 7. The van der Waals surface area contributed by atoms with Gasteiger partial charge in [0.1, 0.15) is 0 Å². The summed E-state index contributed by atoms with van der Waals surface area (Å²) in [5.41, 5.74) is 0.980. The Labute approximate surface area is 127 Å². The summed E-state index contributed by atoms with van der Waals surface area (Å²) in [6.07, 6.45) is 1.79. The fourth-order valence-corrected chi connectivity index (χ4v) is 2.65. The molecule has 5 nitrogen and oxygen atoms in total. The molecule has 1 heterocycles. The maximum absolute atomic E-state index is 12.3. The van der Waals surface area contributed by atoms with E-state index in [1.165, 1.54) is 0 Å². The number of hydrogen-bond donors (Lipinski definition) is 0.